The highest BCUT2D eigenvalue weighted by Crippen LogP contribution is 2.36. The first kappa shape index (κ1) is 13.4. The molecule has 0 amide bonds. The maximum Gasteiger partial charge on any atom is 0.0963 e. The second-order valence-corrected chi connectivity index (χ2v) is 5.85. The first-order valence-corrected chi connectivity index (χ1v) is 7.38. The van der Waals surface area contributed by atoms with Crippen LogP contribution >= 0.6 is 0 Å². The molecule has 4 N–H and O–H groups in total. The van der Waals surface area contributed by atoms with Gasteiger partial charge in [0, 0.05) is 55.4 Å². The number of rotatable bonds is 3. The molecule has 3 heterocycles. The first-order chi connectivity index (χ1) is 9.70. The number of likely N-dealkylation sites (tertiary alicyclic amines) is 1. The van der Waals surface area contributed by atoms with Crippen LogP contribution in [0.25, 0.3) is 0 Å². The van der Waals surface area contributed by atoms with E-state index < -0.39 is 0 Å². The Bertz CT molecular complexity index is 490. The molecule has 3 unspecified atom stereocenters. The molecule has 0 saturated carbocycles. The quantitative estimate of drug-likeness (QED) is 0.668. The summed E-state index contributed by atoms with van der Waals surface area (Å²) >= 11 is 0. The van der Waals surface area contributed by atoms with Gasteiger partial charge in [-0.1, -0.05) is 0 Å². The number of hydrogen-bond acceptors (Lipinski definition) is 5. The van der Waals surface area contributed by atoms with Gasteiger partial charge in [0.05, 0.1) is 6.04 Å². The third kappa shape index (κ3) is 2.26. The van der Waals surface area contributed by atoms with Crippen LogP contribution < -0.4 is 11.1 Å². The highest BCUT2D eigenvalue weighted by molar-refractivity contribution is 5.79. The summed E-state index contributed by atoms with van der Waals surface area (Å²) in [5.41, 5.74) is 10.0. The van der Waals surface area contributed by atoms with Crippen molar-refractivity contribution in [2.45, 2.75) is 31.8 Å². The summed E-state index contributed by atoms with van der Waals surface area (Å²) in [4.78, 5) is 6.87. The molecule has 20 heavy (non-hydrogen) atoms. The Labute approximate surface area is 120 Å². The molecule has 108 valence electrons. The van der Waals surface area contributed by atoms with Gasteiger partial charge in [-0.3, -0.25) is 4.99 Å². The van der Waals surface area contributed by atoms with E-state index in [2.05, 4.69) is 28.2 Å². The minimum absolute atomic E-state index is 0.0725. The Hall–Kier alpha value is -1.62. The molecule has 0 aromatic rings. The molecule has 3 aliphatic rings. The van der Waals surface area contributed by atoms with E-state index in [1.54, 1.807) is 0 Å². The van der Waals surface area contributed by atoms with Crippen molar-refractivity contribution in [3.05, 3.63) is 23.0 Å². The van der Waals surface area contributed by atoms with Crippen molar-refractivity contribution < 1.29 is 0 Å². The van der Waals surface area contributed by atoms with Crippen LogP contribution in [-0.2, 0) is 0 Å². The average Bonchev–Trinajstić information content (AvgIpc) is 3.06. The van der Waals surface area contributed by atoms with Gasteiger partial charge in [-0.25, -0.2) is 0 Å². The number of nitrogens with zero attached hydrogens (tertiary/aromatic N) is 2. The summed E-state index contributed by atoms with van der Waals surface area (Å²) in [5.74, 6) is 0.206. The van der Waals surface area contributed by atoms with E-state index >= 15 is 0 Å². The van der Waals surface area contributed by atoms with Crippen molar-refractivity contribution in [3.8, 4) is 0 Å². The van der Waals surface area contributed by atoms with Crippen LogP contribution in [0.4, 0.5) is 0 Å². The normalized spacial score (nSPS) is 33.4. The molecular weight excluding hydrogens is 250 g/mol. The monoisotopic (exact) mass is 273 g/mol. The average molecular weight is 273 g/mol. The molecule has 0 aromatic carbocycles. The SMILES string of the molecule is CC1=C(C2C(N3CCC(N)C3)=CC=NC2C=N)CCN1. The largest absolute Gasteiger partial charge is 0.388 e. The fourth-order valence-electron chi connectivity index (χ4n) is 3.51. The van der Waals surface area contributed by atoms with E-state index in [-0.39, 0.29) is 18.0 Å². The lowest BCUT2D eigenvalue weighted by molar-refractivity contribution is 0.363. The predicted molar refractivity (Wildman–Crippen MR) is 82.1 cm³/mol. The lowest BCUT2D eigenvalue weighted by atomic mass is 9.85. The van der Waals surface area contributed by atoms with Crippen molar-refractivity contribution in [2.24, 2.45) is 16.6 Å². The Morgan fingerprint density at radius 3 is 3.00 bits per heavy atom. The van der Waals surface area contributed by atoms with E-state index in [0.717, 1.165) is 32.5 Å². The molecular formula is C15H23N5. The van der Waals surface area contributed by atoms with Crippen molar-refractivity contribution in [3.63, 3.8) is 0 Å². The van der Waals surface area contributed by atoms with Crippen LogP contribution in [0.1, 0.15) is 19.8 Å². The molecule has 1 saturated heterocycles. The van der Waals surface area contributed by atoms with Gasteiger partial charge in [-0.15, -0.1) is 0 Å². The van der Waals surface area contributed by atoms with Crippen molar-refractivity contribution in [1.82, 2.24) is 10.2 Å². The Morgan fingerprint density at radius 1 is 1.55 bits per heavy atom. The Balaban J connectivity index is 1.93. The minimum Gasteiger partial charge on any atom is -0.388 e. The summed E-state index contributed by atoms with van der Waals surface area (Å²) in [7, 11) is 0. The zero-order chi connectivity index (χ0) is 14.1. The highest BCUT2D eigenvalue weighted by atomic mass is 15.2. The van der Waals surface area contributed by atoms with Crippen LogP contribution in [0.5, 0.6) is 0 Å². The zero-order valence-corrected chi connectivity index (χ0v) is 12.0. The first-order valence-electron chi connectivity index (χ1n) is 7.38. The maximum absolute atomic E-state index is 7.71. The van der Waals surface area contributed by atoms with Crippen LogP contribution in [0, 0.1) is 11.3 Å². The molecule has 5 heteroatoms. The topological polar surface area (TPSA) is 77.5 Å². The fourth-order valence-corrected chi connectivity index (χ4v) is 3.51. The van der Waals surface area contributed by atoms with E-state index in [9.17, 15) is 0 Å². The van der Waals surface area contributed by atoms with Crippen LogP contribution in [0.15, 0.2) is 28.0 Å². The molecule has 0 radical (unpaired) electrons. The molecule has 0 aliphatic carbocycles. The second-order valence-electron chi connectivity index (χ2n) is 5.85. The smallest absolute Gasteiger partial charge is 0.0963 e. The number of nitrogens with one attached hydrogen (secondary N) is 2. The molecule has 3 rings (SSSR count). The van der Waals surface area contributed by atoms with Crippen molar-refractivity contribution in [2.75, 3.05) is 19.6 Å². The standard InChI is InChI=1S/C15H23N5/c1-10-12(2-5-18-10)15-13(8-16)19-6-3-14(15)20-7-4-11(17)9-20/h3,6,8,11,13,15-16,18H,2,4-5,7,9,17H2,1H3. The van der Waals surface area contributed by atoms with Gasteiger partial charge in [0.15, 0.2) is 0 Å². The summed E-state index contributed by atoms with van der Waals surface area (Å²) in [6.07, 6.45) is 7.54. The Morgan fingerprint density at radius 2 is 2.40 bits per heavy atom. The van der Waals surface area contributed by atoms with E-state index in [1.165, 1.54) is 23.2 Å². The van der Waals surface area contributed by atoms with Crippen LogP contribution in [0.2, 0.25) is 0 Å². The number of hydrogen-bond donors (Lipinski definition) is 3. The maximum atomic E-state index is 7.71. The van der Waals surface area contributed by atoms with E-state index in [1.807, 2.05) is 6.21 Å². The van der Waals surface area contributed by atoms with Gasteiger partial charge in [-0.2, -0.15) is 0 Å². The number of allylic oxidation sites excluding steroid dienone is 2. The van der Waals surface area contributed by atoms with Crippen LogP contribution in [0.3, 0.4) is 0 Å². The molecule has 0 aromatic heterocycles. The van der Waals surface area contributed by atoms with Gasteiger partial charge < -0.3 is 21.4 Å². The highest BCUT2D eigenvalue weighted by Gasteiger charge is 2.35. The number of dihydropyridines is 1. The summed E-state index contributed by atoms with van der Waals surface area (Å²) in [6.45, 7) is 5.07. The van der Waals surface area contributed by atoms with Crippen LogP contribution in [-0.4, -0.2) is 49.0 Å². The van der Waals surface area contributed by atoms with Gasteiger partial charge in [0.25, 0.3) is 0 Å². The van der Waals surface area contributed by atoms with Crippen molar-refractivity contribution in [1.29, 1.82) is 5.41 Å². The number of nitrogens with two attached hydrogens (primary N) is 1. The molecule has 0 bridgehead atoms. The van der Waals surface area contributed by atoms with E-state index in [4.69, 9.17) is 11.1 Å². The predicted octanol–water partition coefficient (Wildman–Crippen LogP) is 0.889. The van der Waals surface area contributed by atoms with E-state index in [0.29, 0.717) is 0 Å². The molecule has 3 aliphatic heterocycles. The summed E-state index contributed by atoms with van der Waals surface area (Å²) in [6, 6.07) is 0.197. The summed E-state index contributed by atoms with van der Waals surface area (Å²) < 4.78 is 0. The zero-order valence-electron chi connectivity index (χ0n) is 12.0. The molecule has 3 atom stereocenters. The van der Waals surface area contributed by atoms with Gasteiger partial charge in [0.1, 0.15) is 0 Å². The van der Waals surface area contributed by atoms with Gasteiger partial charge in [-0.05, 0) is 31.4 Å². The number of aliphatic imine (C=N–C) groups is 1. The second kappa shape index (κ2) is 5.40. The molecule has 5 nitrogen and oxygen atoms in total. The minimum atomic E-state index is -0.0725. The summed E-state index contributed by atoms with van der Waals surface area (Å²) in [5, 5.41) is 11.1. The molecule has 1 fully saturated rings. The van der Waals surface area contributed by atoms with Gasteiger partial charge >= 0.3 is 0 Å². The molecule has 0 spiro atoms. The van der Waals surface area contributed by atoms with Gasteiger partial charge in [0.2, 0.25) is 0 Å². The lowest BCUT2D eigenvalue weighted by Gasteiger charge is -2.34. The fraction of sp³-hybridized carbons (Fsp3) is 0.600. The Kier molecular flexibility index (Phi) is 3.61. The third-order valence-corrected chi connectivity index (χ3v) is 4.57. The third-order valence-electron chi connectivity index (χ3n) is 4.57. The van der Waals surface area contributed by atoms with Crippen molar-refractivity contribution >= 4 is 12.4 Å². The lowest BCUT2D eigenvalue weighted by Crippen LogP contribution is -2.36.